The molecule has 3 rings (SSSR count). The van der Waals surface area contributed by atoms with Crippen LogP contribution in [0.25, 0.3) is 22.7 Å². The molecule has 28 heavy (non-hydrogen) atoms. The largest absolute Gasteiger partial charge is 0.417 e. The van der Waals surface area contributed by atoms with Crippen LogP contribution in [0.1, 0.15) is 22.3 Å². The Balaban J connectivity index is 2.28. The average molecular weight is 399 g/mol. The van der Waals surface area contributed by atoms with Crippen molar-refractivity contribution < 1.29 is 31.1 Å². The summed E-state index contributed by atoms with van der Waals surface area (Å²) in [6, 6.07) is 4.00. The maximum absolute atomic E-state index is 13.4. The van der Waals surface area contributed by atoms with Crippen LogP contribution in [0.5, 0.6) is 0 Å². The SMILES string of the molecule is NC(=O)C(=Cc1c[nH]c2ncccc12)c1cc(C(F)(F)F)ccc1C(F)(F)F. The molecule has 0 aliphatic rings. The summed E-state index contributed by atoms with van der Waals surface area (Å²) in [5.41, 5.74) is 1.47. The predicted octanol–water partition coefficient (Wildman–Crippen LogP) is 4.63. The van der Waals surface area contributed by atoms with E-state index in [0.717, 1.165) is 6.08 Å². The molecule has 0 fully saturated rings. The van der Waals surface area contributed by atoms with E-state index in [1.165, 1.54) is 12.4 Å². The van der Waals surface area contributed by atoms with Crippen LogP contribution < -0.4 is 5.73 Å². The number of nitrogens with one attached hydrogen (secondary N) is 1. The Morgan fingerprint density at radius 2 is 1.79 bits per heavy atom. The van der Waals surface area contributed by atoms with E-state index in [4.69, 9.17) is 5.73 Å². The lowest BCUT2D eigenvalue weighted by Crippen LogP contribution is -2.18. The zero-order chi connectivity index (χ0) is 20.7. The van der Waals surface area contributed by atoms with Gasteiger partial charge in [0, 0.05) is 28.9 Å². The molecule has 1 aromatic carbocycles. The van der Waals surface area contributed by atoms with Crippen LogP contribution >= 0.6 is 0 Å². The highest BCUT2D eigenvalue weighted by atomic mass is 19.4. The van der Waals surface area contributed by atoms with Crippen molar-refractivity contribution in [1.82, 2.24) is 9.97 Å². The van der Waals surface area contributed by atoms with Crippen molar-refractivity contribution in [2.45, 2.75) is 12.4 Å². The summed E-state index contributed by atoms with van der Waals surface area (Å²) in [5, 5.41) is 0.460. The number of amides is 1. The normalized spacial score (nSPS) is 13.1. The third kappa shape index (κ3) is 3.71. The molecule has 2 heterocycles. The summed E-state index contributed by atoms with van der Waals surface area (Å²) in [4.78, 5) is 18.6. The number of nitrogens with zero attached hydrogens (tertiary/aromatic N) is 1. The van der Waals surface area contributed by atoms with Crippen molar-refractivity contribution >= 4 is 28.6 Å². The third-order valence-electron chi connectivity index (χ3n) is 3.99. The Morgan fingerprint density at radius 3 is 2.39 bits per heavy atom. The first-order chi connectivity index (χ1) is 13.0. The fraction of sp³-hybridized carbons (Fsp3) is 0.111. The Hall–Kier alpha value is -3.30. The minimum atomic E-state index is -4.99. The van der Waals surface area contributed by atoms with E-state index in [1.807, 2.05) is 0 Å². The van der Waals surface area contributed by atoms with Gasteiger partial charge < -0.3 is 10.7 Å². The molecule has 2 aromatic heterocycles. The highest BCUT2D eigenvalue weighted by Gasteiger charge is 2.38. The first-order valence-electron chi connectivity index (χ1n) is 7.71. The van der Waals surface area contributed by atoms with Crippen molar-refractivity contribution in [2.75, 3.05) is 0 Å². The first kappa shape index (κ1) is 19.5. The van der Waals surface area contributed by atoms with Gasteiger partial charge in [-0.25, -0.2) is 4.98 Å². The Labute approximate surface area is 153 Å². The molecular weight excluding hydrogens is 388 g/mol. The topological polar surface area (TPSA) is 71.8 Å². The third-order valence-corrected chi connectivity index (χ3v) is 3.99. The molecule has 0 atom stereocenters. The monoisotopic (exact) mass is 399 g/mol. The van der Waals surface area contributed by atoms with Crippen molar-refractivity contribution in [1.29, 1.82) is 0 Å². The van der Waals surface area contributed by atoms with E-state index in [9.17, 15) is 31.1 Å². The Kier molecular flexibility index (Phi) is 4.66. The number of fused-ring (bicyclic) bond motifs is 1. The number of pyridine rings is 1. The van der Waals surface area contributed by atoms with Crippen LogP contribution in [0.4, 0.5) is 26.3 Å². The van der Waals surface area contributed by atoms with Crippen molar-refractivity contribution in [3.05, 3.63) is 65.0 Å². The molecule has 0 unspecified atom stereocenters. The second-order valence-electron chi connectivity index (χ2n) is 5.82. The summed E-state index contributed by atoms with van der Waals surface area (Å²) >= 11 is 0. The quantitative estimate of drug-likeness (QED) is 0.498. The molecule has 0 aliphatic heterocycles. The van der Waals surface area contributed by atoms with E-state index in [2.05, 4.69) is 9.97 Å². The molecule has 0 aliphatic carbocycles. The van der Waals surface area contributed by atoms with E-state index < -0.39 is 40.5 Å². The summed E-state index contributed by atoms with van der Waals surface area (Å²) in [7, 11) is 0. The van der Waals surface area contributed by atoms with E-state index in [1.54, 1.807) is 12.1 Å². The minimum Gasteiger partial charge on any atom is -0.366 e. The maximum Gasteiger partial charge on any atom is 0.417 e. The summed E-state index contributed by atoms with van der Waals surface area (Å²) < 4.78 is 79.1. The van der Waals surface area contributed by atoms with Gasteiger partial charge in [0.15, 0.2) is 0 Å². The lowest BCUT2D eigenvalue weighted by atomic mass is 9.94. The number of aromatic amines is 1. The summed E-state index contributed by atoms with van der Waals surface area (Å²) in [6.45, 7) is 0. The maximum atomic E-state index is 13.4. The smallest absolute Gasteiger partial charge is 0.366 e. The molecule has 4 nitrogen and oxygen atoms in total. The number of alkyl halides is 6. The second-order valence-corrected chi connectivity index (χ2v) is 5.82. The number of halogens is 6. The zero-order valence-corrected chi connectivity index (χ0v) is 13.8. The first-order valence-corrected chi connectivity index (χ1v) is 7.71. The van der Waals surface area contributed by atoms with Crippen molar-refractivity contribution in [3.8, 4) is 0 Å². The highest BCUT2D eigenvalue weighted by Crippen LogP contribution is 2.39. The predicted molar refractivity (Wildman–Crippen MR) is 89.6 cm³/mol. The molecule has 0 bridgehead atoms. The van der Waals surface area contributed by atoms with Gasteiger partial charge in [-0.15, -0.1) is 0 Å². The minimum absolute atomic E-state index is 0.252. The van der Waals surface area contributed by atoms with Gasteiger partial charge in [0.2, 0.25) is 5.91 Å². The van der Waals surface area contributed by atoms with E-state index in [0.29, 0.717) is 17.1 Å². The van der Waals surface area contributed by atoms with Crippen LogP contribution in [0.2, 0.25) is 0 Å². The number of aromatic nitrogens is 2. The number of H-pyrrole nitrogens is 1. The van der Waals surface area contributed by atoms with Gasteiger partial charge >= 0.3 is 12.4 Å². The van der Waals surface area contributed by atoms with Gasteiger partial charge in [-0.05, 0) is 42.0 Å². The van der Waals surface area contributed by atoms with Crippen LogP contribution in [-0.4, -0.2) is 15.9 Å². The van der Waals surface area contributed by atoms with Crippen LogP contribution in [-0.2, 0) is 17.1 Å². The number of benzene rings is 1. The number of rotatable bonds is 3. The van der Waals surface area contributed by atoms with Crippen molar-refractivity contribution in [2.24, 2.45) is 5.73 Å². The number of hydrogen-bond donors (Lipinski definition) is 2. The second kappa shape index (κ2) is 6.70. The standard InChI is InChI=1S/C18H11F6N3O/c19-17(20,21)10-3-4-14(18(22,23)24)12(7-10)13(15(25)28)6-9-8-27-16-11(9)2-1-5-26-16/h1-8H,(H2,25,28)(H,26,27). The number of carbonyl (C=O) groups excluding carboxylic acids is 1. The number of carbonyl (C=O) groups is 1. The molecule has 0 saturated carbocycles. The highest BCUT2D eigenvalue weighted by molar-refractivity contribution is 6.24. The van der Waals surface area contributed by atoms with E-state index >= 15 is 0 Å². The van der Waals surface area contributed by atoms with Gasteiger partial charge in [-0.1, -0.05) is 0 Å². The Morgan fingerprint density at radius 1 is 1.07 bits per heavy atom. The summed E-state index contributed by atoms with van der Waals surface area (Å²) in [5.74, 6) is -1.30. The van der Waals surface area contributed by atoms with E-state index in [-0.39, 0.29) is 17.7 Å². The lowest BCUT2D eigenvalue weighted by Gasteiger charge is -2.16. The van der Waals surface area contributed by atoms with Crippen molar-refractivity contribution in [3.63, 3.8) is 0 Å². The number of primary amides is 1. The molecule has 0 saturated heterocycles. The zero-order valence-electron chi connectivity index (χ0n) is 13.8. The average Bonchev–Trinajstić information content (AvgIpc) is 3.00. The molecule has 146 valence electrons. The summed E-state index contributed by atoms with van der Waals surface area (Å²) in [6.07, 6.45) is -6.05. The van der Waals surface area contributed by atoms with Crippen LogP contribution in [0.3, 0.4) is 0 Å². The fourth-order valence-corrected chi connectivity index (χ4v) is 2.72. The fourth-order valence-electron chi connectivity index (χ4n) is 2.72. The lowest BCUT2D eigenvalue weighted by molar-refractivity contribution is -0.141. The molecule has 0 radical (unpaired) electrons. The molecule has 10 heteroatoms. The molecule has 1 amide bonds. The molecule has 0 spiro atoms. The van der Waals surface area contributed by atoms with Gasteiger partial charge in [-0.2, -0.15) is 26.3 Å². The van der Waals surface area contributed by atoms with Gasteiger partial charge in [0.1, 0.15) is 5.65 Å². The molecule has 3 N–H and O–H groups in total. The number of hydrogen-bond acceptors (Lipinski definition) is 2. The Bertz CT molecular complexity index is 1080. The number of nitrogens with two attached hydrogens (primary N) is 1. The molecular formula is C18H11F6N3O. The van der Waals surface area contributed by atoms with Gasteiger partial charge in [0.25, 0.3) is 0 Å². The van der Waals surface area contributed by atoms with Gasteiger partial charge in [-0.3, -0.25) is 4.79 Å². The van der Waals surface area contributed by atoms with Crippen LogP contribution in [0, 0.1) is 0 Å². The molecule has 3 aromatic rings. The van der Waals surface area contributed by atoms with Crippen LogP contribution in [0.15, 0.2) is 42.7 Å². The van der Waals surface area contributed by atoms with Gasteiger partial charge in [0.05, 0.1) is 11.1 Å².